The highest BCUT2D eigenvalue weighted by Gasteiger charge is 2.49. The van der Waals surface area contributed by atoms with Gasteiger partial charge in [-0.15, -0.1) is 0 Å². The van der Waals surface area contributed by atoms with Gasteiger partial charge in [0.25, 0.3) is 5.91 Å². The van der Waals surface area contributed by atoms with Crippen LogP contribution in [0.1, 0.15) is 67.8 Å². The molecule has 35 heavy (non-hydrogen) atoms. The Labute approximate surface area is 201 Å². The molecule has 1 aliphatic carbocycles. The van der Waals surface area contributed by atoms with Gasteiger partial charge in [-0.25, -0.2) is 0 Å². The number of carbonyl (C=O) groups excluding carboxylic acids is 2. The fraction of sp³-hybridized carbons (Fsp3) is 0.462. The van der Waals surface area contributed by atoms with Crippen LogP contribution in [-0.4, -0.2) is 51.1 Å². The van der Waals surface area contributed by atoms with Crippen LogP contribution in [0, 0.1) is 0 Å². The summed E-state index contributed by atoms with van der Waals surface area (Å²) in [5.41, 5.74) is -0.281. The van der Waals surface area contributed by atoms with E-state index >= 15 is 0 Å². The van der Waals surface area contributed by atoms with E-state index in [9.17, 15) is 22.8 Å². The fourth-order valence-corrected chi connectivity index (χ4v) is 5.53. The van der Waals surface area contributed by atoms with Crippen molar-refractivity contribution in [1.29, 1.82) is 0 Å². The normalized spacial score (nSPS) is 22.1. The minimum Gasteiger partial charge on any atom is -0.333 e. The van der Waals surface area contributed by atoms with Gasteiger partial charge in [0.15, 0.2) is 0 Å². The molecule has 1 aromatic heterocycles. The molecule has 6 nitrogen and oxygen atoms in total. The molecule has 5 rings (SSSR count). The molecule has 2 aliphatic heterocycles. The van der Waals surface area contributed by atoms with Crippen molar-refractivity contribution in [3.8, 4) is 0 Å². The first-order valence-electron chi connectivity index (χ1n) is 12.1. The molecule has 1 saturated heterocycles. The lowest BCUT2D eigenvalue weighted by molar-refractivity contribution is -0.142. The van der Waals surface area contributed by atoms with Crippen molar-refractivity contribution in [1.82, 2.24) is 14.8 Å². The zero-order valence-electron chi connectivity index (χ0n) is 19.3. The molecule has 0 radical (unpaired) electrons. The Morgan fingerprint density at radius 1 is 1.03 bits per heavy atom. The van der Waals surface area contributed by atoms with Crippen molar-refractivity contribution in [3.63, 3.8) is 0 Å². The van der Waals surface area contributed by atoms with E-state index in [1.165, 1.54) is 12.1 Å². The molecule has 0 N–H and O–H groups in total. The monoisotopic (exact) mass is 484 g/mol. The molecule has 184 valence electrons. The van der Waals surface area contributed by atoms with E-state index in [0.29, 0.717) is 24.9 Å². The number of alkyl halides is 3. The van der Waals surface area contributed by atoms with E-state index < -0.39 is 23.3 Å². The Kier molecular flexibility index (Phi) is 6.11. The number of rotatable bonds is 4. The summed E-state index contributed by atoms with van der Waals surface area (Å²) in [6.07, 6.45) is 2.99. The van der Waals surface area contributed by atoms with Crippen molar-refractivity contribution in [2.24, 2.45) is 4.99 Å². The molecule has 1 spiro atoms. The lowest BCUT2D eigenvalue weighted by atomic mass is 9.88. The maximum Gasteiger partial charge on any atom is 0.416 e. The number of carbonyl (C=O) groups is 2. The molecule has 1 atom stereocenters. The zero-order chi connectivity index (χ0) is 24.6. The van der Waals surface area contributed by atoms with Gasteiger partial charge in [-0.2, -0.15) is 13.2 Å². The number of hydrogen-bond donors (Lipinski definition) is 0. The van der Waals surface area contributed by atoms with Gasteiger partial charge in [0.2, 0.25) is 5.91 Å². The third-order valence-electron chi connectivity index (χ3n) is 7.31. The number of halogens is 3. The highest BCUT2D eigenvalue weighted by Crippen LogP contribution is 2.40. The summed E-state index contributed by atoms with van der Waals surface area (Å²) in [5, 5.41) is 0. The maximum absolute atomic E-state index is 13.6. The predicted molar refractivity (Wildman–Crippen MR) is 123 cm³/mol. The van der Waals surface area contributed by atoms with Crippen LogP contribution in [0.3, 0.4) is 0 Å². The summed E-state index contributed by atoms with van der Waals surface area (Å²) in [6.45, 7) is 0.498. The largest absolute Gasteiger partial charge is 0.416 e. The number of pyridine rings is 1. The average molecular weight is 485 g/mol. The Balaban J connectivity index is 1.40. The van der Waals surface area contributed by atoms with E-state index in [-0.39, 0.29) is 24.2 Å². The quantitative estimate of drug-likeness (QED) is 0.629. The van der Waals surface area contributed by atoms with Gasteiger partial charge in [-0.1, -0.05) is 24.6 Å². The Bertz CT molecular complexity index is 1130. The predicted octanol–water partition coefficient (Wildman–Crippen LogP) is 4.76. The summed E-state index contributed by atoms with van der Waals surface area (Å²) >= 11 is 0. The molecule has 1 aromatic carbocycles. The smallest absolute Gasteiger partial charge is 0.333 e. The number of aromatic nitrogens is 1. The van der Waals surface area contributed by atoms with Gasteiger partial charge in [-0.05, 0) is 62.8 Å². The lowest BCUT2D eigenvalue weighted by Crippen LogP contribution is -2.52. The molecule has 3 heterocycles. The first-order valence-corrected chi connectivity index (χ1v) is 12.1. The van der Waals surface area contributed by atoms with E-state index in [2.05, 4.69) is 4.98 Å². The number of likely N-dealkylation sites (tertiary alicyclic amines) is 1. The van der Waals surface area contributed by atoms with Crippen molar-refractivity contribution in [3.05, 3.63) is 65.5 Å². The first-order chi connectivity index (χ1) is 16.8. The third-order valence-corrected chi connectivity index (χ3v) is 7.31. The first kappa shape index (κ1) is 23.5. The molecular weight excluding hydrogens is 457 g/mol. The molecule has 2 fully saturated rings. The van der Waals surface area contributed by atoms with Gasteiger partial charge < -0.3 is 9.80 Å². The number of nitrogens with zero attached hydrogens (tertiary/aromatic N) is 4. The number of aliphatic imine (C=N–C) groups is 1. The number of amides is 2. The molecular formula is C26H27F3N4O2. The van der Waals surface area contributed by atoms with Gasteiger partial charge in [0.1, 0.15) is 17.9 Å². The van der Waals surface area contributed by atoms with Crippen molar-refractivity contribution < 1.29 is 22.8 Å². The van der Waals surface area contributed by atoms with Crippen LogP contribution in [0.5, 0.6) is 0 Å². The van der Waals surface area contributed by atoms with E-state index in [1.54, 1.807) is 16.0 Å². The molecule has 1 unspecified atom stereocenters. The van der Waals surface area contributed by atoms with Gasteiger partial charge in [0, 0.05) is 18.3 Å². The molecule has 9 heteroatoms. The Morgan fingerprint density at radius 3 is 2.43 bits per heavy atom. The van der Waals surface area contributed by atoms with Crippen LogP contribution >= 0.6 is 0 Å². The molecule has 3 aliphatic rings. The van der Waals surface area contributed by atoms with E-state index in [4.69, 9.17) is 4.99 Å². The van der Waals surface area contributed by atoms with Crippen LogP contribution in [0.15, 0.2) is 53.7 Å². The average Bonchev–Trinajstić information content (AvgIpc) is 3.45. The van der Waals surface area contributed by atoms with Crippen molar-refractivity contribution >= 4 is 17.5 Å². The van der Waals surface area contributed by atoms with Crippen LogP contribution in [-0.2, 0) is 15.8 Å². The summed E-state index contributed by atoms with van der Waals surface area (Å²) in [5.74, 6) is -0.547. The molecule has 2 amide bonds. The highest BCUT2D eigenvalue weighted by molar-refractivity contribution is 6.47. The topological polar surface area (TPSA) is 65.9 Å². The fourth-order valence-electron chi connectivity index (χ4n) is 5.53. The van der Waals surface area contributed by atoms with Crippen LogP contribution in [0.4, 0.5) is 13.2 Å². The summed E-state index contributed by atoms with van der Waals surface area (Å²) < 4.78 is 39.0. The minimum atomic E-state index is -4.46. The van der Waals surface area contributed by atoms with Gasteiger partial charge in [0.05, 0.1) is 17.3 Å². The molecule has 0 bridgehead atoms. The Morgan fingerprint density at radius 2 is 1.77 bits per heavy atom. The molecule has 1 saturated carbocycles. The second-order valence-corrected chi connectivity index (χ2v) is 9.47. The molecule has 2 aromatic rings. The number of hydrogen-bond acceptors (Lipinski definition) is 4. The SMILES string of the molecule is O=C(CN1C(=O)C(c2ccc(C(F)(F)F)cc2)=NC12CCCCC2)N1CCCC1c1ccccn1. The highest BCUT2D eigenvalue weighted by atomic mass is 19.4. The van der Waals surface area contributed by atoms with E-state index in [1.807, 2.05) is 18.2 Å². The van der Waals surface area contributed by atoms with Crippen molar-refractivity contribution in [2.75, 3.05) is 13.1 Å². The van der Waals surface area contributed by atoms with E-state index in [0.717, 1.165) is 49.9 Å². The summed E-state index contributed by atoms with van der Waals surface area (Å²) in [4.78, 5) is 39.6. The zero-order valence-corrected chi connectivity index (χ0v) is 19.3. The van der Waals surface area contributed by atoms with Crippen LogP contribution in [0.2, 0.25) is 0 Å². The maximum atomic E-state index is 13.6. The van der Waals surface area contributed by atoms with Crippen LogP contribution < -0.4 is 0 Å². The third kappa shape index (κ3) is 4.44. The van der Waals surface area contributed by atoms with Gasteiger partial charge in [-0.3, -0.25) is 19.6 Å². The van der Waals surface area contributed by atoms with Crippen LogP contribution in [0.25, 0.3) is 0 Å². The standard InChI is InChI=1S/C26H27F3N4O2/c27-26(28,29)19-11-9-18(10-12-19)23-24(35)33(25(31-23)13-3-1-4-14-25)17-22(34)32-16-6-8-21(32)20-7-2-5-15-30-20/h2,5,7,9-12,15,21H,1,3-4,6,8,13-14,16-17H2. The number of benzene rings is 1. The van der Waals surface area contributed by atoms with Crippen molar-refractivity contribution in [2.45, 2.75) is 62.8 Å². The Hall–Kier alpha value is -3.23. The van der Waals surface area contributed by atoms with Gasteiger partial charge >= 0.3 is 6.18 Å². The summed E-state index contributed by atoms with van der Waals surface area (Å²) in [7, 11) is 0. The second-order valence-electron chi connectivity index (χ2n) is 9.47. The minimum absolute atomic E-state index is 0.101. The lowest BCUT2D eigenvalue weighted by Gasteiger charge is -2.39. The second kappa shape index (κ2) is 9.09. The summed E-state index contributed by atoms with van der Waals surface area (Å²) in [6, 6.07) is 10.0.